The summed E-state index contributed by atoms with van der Waals surface area (Å²) < 4.78 is 0. The Labute approximate surface area is 140 Å². The molecule has 1 aliphatic heterocycles. The van der Waals surface area contributed by atoms with Crippen LogP contribution in [0.3, 0.4) is 0 Å². The van der Waals surface area contributed by atoms with Crippen LogP contribution in [0.1, 0.15) is 6.42 Å². The van der Waals surface area contributed by atoms with Gasteiger partial charge in [0.05, 0.1) is 10.9 Å². The van der Waals surface area contributed by atoms with Crippen molar-refractivity contribution in [2.24, 2.45) is 0 Å². The Hall–Kier alpha value is -2.25. The van der Waals surface area contributed by atoms with Gasteiger partial charge in [-0.2, -0.15) is 0 Å². The number of halogens is 1. The topological polar surface area (TPSA) is 91.1 Å². The number of rotatable bonds is 3. The normalized spacial score (nSPS) is 16.4. The highest BCUT2D eigenvalue weighted by molar-refractivity contribution is 8.01. The van der Waals surface area contributed by atoms with E-state index in [2.05, 4.69) is 15.6 Å². The number of carbonyl (C=O) groups is 2. The molecular formula is C15H12ClN3O3S. The molecule has 0 fully saturated rings. The van der Waals surface area contributed by atoms with Crippen molar-refractivity contribution in [3.63, 3.8) is 0 Å². The van der Waals surface area contributed by atoms with Crippen LogP contribution in [0.15, 0.2) is 46.3 Å². The van der Waals surface area contributed by atoms with Crippen molar-refractivity contribution in [2.75, 3.05) is 10.6 Å². The van der Waals surface area contributed by atoms with Gasteiger partial charge in [0.25, 0.3) is 0 Å². The molecule has 2 aromatic rings. The Morgan fingerprint density at radius 1 is 1.30 bits per heavy atom. The van der Waals surface area contributed by atoms with Crippen molar-refractivity contribution >= 4 is 46.6 Å². The lowest BCUT2D eigenvalue weighted by Crippen LogP contribution is -2.33. The lowest BCUT2D eigenvalue weighted by atomic mass is 10.2. The van der Waals surface area contributed by atoms with E-state index in [-0.39, 0.29) is 23.4 Å². The van der Waals surface area contributed by atoms with E-state index in [1.165, 1.54) is 30.2 Å². The van der Waals surface area contributed by atoms with E-state index in [4.69, 9.17) is 11.6 Å². The molecule has 8 heteroatoms. The molecule has 2 heterocycles. The Balaban J connectivity index is 1.70. The van der Waals surface area contributed by atoms with Gasteiger partial charge in [0.2, 0.25) is 17.2 Å². The van der Waals surface area contributed by atoms with Crippen molar-refractivity contribution in [1.29, 1.82) is 0 Å². The summed E-state index contributed by atoms with van der Waals surface area (Å²) in [6.45, 7) is 0. The number of hydrogen-bond acceptors (Lipinski definition) is 4. The quantitative estimate of drug-likeness (QED) is 0.793. The molecule has 23 heavy (non-hydrogen) atoms. The summed E-state index contributed by atoms with van der Waals surface area (Å²) in [6.07, 6.45) is 2.85. The van der Waals surface area contributed by atoms with Gasteiger partial charge in [-0.3, -0.25) is 14.4 Å². The van der Waals surface area contributed by atoms with Crippen LogP contribution in [0.4, 0.5) is 11.4 Å². The van der Waals surface area contributed by atoms with Gasteiger partial charge in [-0.05, 0) is 18.2 Å². The van der Waals surface area contributed by atoms with E-state index in [0.717, 1.165) is 4.90 Å². The van der Waals surface area contributed by atoms with E-state index < -0.39 is 11.2 Å². The number of benzene rings is 1. The van der Waals surface area contributed by atoms with Gasteiger partial charge in [-0.1, -0.05) is 11.6 Å². The fraction of sp³-hybridized carbons (Fsp3) is 0.133. The van der Waals surface area contributed by atoms with Gasteiger partial charge < -0.3 is 15.6 Å². The Bertz CT molecular complexity index is 837. The van der Waals surface area contributed by atoms with Crippen molar-refractivity contribution in [3.05, 3.63) is 51.9 Å². The monoisotopic (exact) mass is 349 g/mol. The van der Waals surface area contributed by atoms with Gasteiger partial charge in [0.15, 0.2) is 0 Å². The molecular weight excluding hydrogens is 338 g/mol. The van der Waals surface area contributed by atoms with Crippen LogP contribution >= 0.6 is 23.4 Å². The third-order valence-electron chi connectivity index (χ3n) is 3.23. The van der Waals surface area contributed by atoms with Crippen LogP contribution in [0, 0.1) is 0 Å². The second-order valence-electron chi connectivity index (χ2n) is 4.91. The first-order valence-corrected chi connectivity index (χ1v) is 8.03. The number of pyridine rings is 1. The summed E-state index contributed by atoms with van der Waals surface area (Å²) in [4.78, 5) is 39.3. The zero-order valence-corrected chi connectivity index (χ0v) is 13.3. The molecule has 0 radical (unpaired) electrons. The van der Waals surface area contributed by atoms with Crippen LogP contribution in [-0.4, -0.2) is 22.0 Å². The smallest absolute Gasteiger partial charge is 0.238 e. The molecule has 2 amide bonds. The zero-order chi connectivity index (χ0) is 16.4. The molecule has 0 unspecified atom stereocenters. The minimum atomic E-state index is -0.563. The van der Waals surface area contributed by atoms with E-state index in [9.17, 15) is 14.4 Å². The molecule has 0 aliphatic carbocycles. The van der Waals surface area contributed by atoms with Gasteiger partial charge in [-0.15, -0.1) is 11.8 Å². The summed E-state index contributed by atoms with van der Waals surface area (Å²) >= 11 is 7.19. The van der Waals surface area contributed by atoms with E-state index in [1.807, 2.05) is 0 Å². The lowest BCUT2D eigenvalue weighted by Gasteiger charge is -2.23. The van der Waals surface area contributed by atoms with Crippen molar-refractivity contribution in [1.82, 2.24) is 4.98 Å². The van der Waals surface area contributed by atoms with Gasteiger partial charge in [-0.25, -0.2) is 0 Å². The lowest BCUT2D eigenvalue weighted by molar-refractivity contribution is -0.120. The standard InChI is InChI=1S/C15H12ClN3O3S/c16-8-1-2-12-9(5-8)19-15(22)13(23-12)6-14(21)18-10-7-17-4-3-11(10)20/h1-5,7,13H,6H2,(H,17,20)(H,18,21)(H,19,22)/t13-/m1/s1. The highest BCUT2D eigenvalue weighted by atomic mass is 35.5. The van der Waals surface area contributed by atoms with Crippen molar-refractivity contribution in [2.45, 2.75) is 16.6 Å². The number of thioether (sulfide) groups is 1. The molecule has 3 N–H and O–H groups in total. The van der Waals surface area contributed by atoms with Crippen LogP contribution < -0.4 is 16.1 Å². The molecule has 118 valence electrons. The van der Waals surface area contributed by atoms with Crippen LogP contribution in [0.25, 0.3) is 0 Å². The number of nitrogens with one attached hydrogen (secondary N) is 3. The summed E-state index contributed by atoms with van der Waals surface area (Å²) in [5.74, 6) is -0.659. The first kappa shape index (κ1) is 15.6. The minimum absolute atomic E-state index is 0.0348. The fourth-order valence-electron chi connectivity index (χ4n) is 2.14. The summed E-state index contributed by atoms with van der Waals surface area (Å²) in [5.41, 5.74) is 0.507. The predicted molar refractivity (Wildman–Crippen MR) is 90.0 cm³/mol. The average Bonchev–Trinajstić information content (AvgIpc) is 2.50. The third-order valence-corrected chi connectivity index (χ3v) is 4.74. The molecule has 0 saturated heterocycles. The SMILES string of the molecule is O=C(C[C@H]1Sc2ccc(Cl)cc2NC1=O)Nc1c[nH]ccc1=O. The van der Waals surface area contributed by atoms with E-state index in [1.54, 1.807) is 18.2 Å². The van der Waals surface area contributed by atoms with Crippen molar-refractivity contribution in [3.8, 4) is 0 Å². The van der Waals surface area contributed by atoms with E-state index >= 15 is 0 Å². The molecule has 1 aliphatic rings. The highest BCUT2D eigenvalue weighted by Crippen LogP contribution is 2.38. The maximum atomic E-state index is 12.1. The largest absolute Gasteiger partial charge is 0.366 e. The maximum absolute atomic E-state index is 12.1. The third kappa shape index (κ3) is 3.57. The number of hydrogen-bond donors (Lipinski definition) is 3. The number of aromatic amines is 1. The number of amides is 2. The van der Waals surface area contributed by atoms with Crippen LogP contribution in [-0.2, 0) is 9.59 Å². The number of carbonyl (C=O) groups excluding carboxylic acids is 2. The molecule has 0 bridgehead atoms. The second kappa shape index (κ2) is 6.47. The van der Waals surface area contributed by atoms with Crippen molar-refractivity contribution < 1.29 is 9.59 Å². The molecule has 0 spiro atoms. The highest BCUT2D eigenvalue weighted by Gasteiger charge is 2.29. The molecule has 6 nitrogen and oxygen atoms in total. The minimum Gasteiger partial charge on any atom is -0.366 e. The zero-order valence-electron chi connectivity index (χ0n) is 11.8. The predicted octanol–water partition coefficient (Wildman–Crippen LogP) is 2.47. The van der Waals surface area contributed by atoms with Crippen LogP contribution in [0.2, 0.25) is 5.02 Å². The first-order valence-electron chi connectivity index (χ1n) is 6.77. The molecule has 0 saturated carbocycles. The molecule has 3 rings (SSSR count). The number of H-pyrrole nitrogens is 1. The van der Waals surface area contributed by atoms with Gasteiger partial charge >= 0.3 is 0 Å². The summed E-state index contributed by atoms with van der Waals surface area (Å²) in [7, 11) is 0. The van der Waals surface area contributed by atoms with Gasteiger partial charge in [0, 0.05) is 34.8 Å². The average molecular weight is 350 g/mol. The number of fused-ring (bicyclic) bond motifs is 1. The van der Waals surface area contributed by atoms with Gasteiger partial charge in [0.1, 0.15) is 5.69 Å². The second-order valence-corrected chi connectivity index (χ2v) is 6.59. The molecule has 1 aromatic heterocycles. The maximum Gasteiger partial charge on any atom is 0.238 e. The Morgan fingerprint density at radius 2 is 2.13 bits per heavy atom. The number of aromatic nitrogens is 1. The first-order chi connectivity index (χ1) is 11.0. The van der Waals surface area contributed by atoms with Crippen LogP contribution in [0.5, 0.6) is 0 Å². The fourth-order valence-corrected chi connectivity index (χ4v) is 3.40. The Morgan fingerprint density at radius 3 is 2.91 bits per heavy atom. The van der Waals surface area contributed by atoms with E-state index in [0.29, 0.717) is 10.7 Å². The summed E-state index contributed by atoms with van der Waals surface area (Å²) in [6, 6.07) is 6.51. The molecule has 1 aromatic carbocycles. The Kier molecular flexibility index (Phi) is 4.40. The molecule has 1 atom stereocenters. The summed E-state index contributed by atoms with van der Waals surface area (Å²) in [5, 5.41) is 5.22. The number of anilines is 2.